The van der Waals surface area contributed by atoms with Gasteiger partial charge in [-0.2, -0.15) is 4.98 Å². The molecule has 0 amide bonds. The van der Waals surface area contributed by atoms with Gasteiger partial charge in [0.25, 0.3) is 6.01 Å². The first-order valence-corrected chi connectivity index (χ1v) is 6.73. The summed E-state index contributed by atoms with van der Waals surface area (Å²) in [7, 11) is 0. The molecule has 1 aromatic rings. The third-order valence-electron chi connectivity index (χ3n) is 3.41. The lowest BCUT2D eigenvalue weighted by atomic mass is 10.1. The predicted molar refractivity (Wildman–Crippen MR) is 69.1 cm³/mol. The molecule has 2 heterocycles. The van der Waals surface area contributed by atoms with Gasteiger partial charge in [0.15, 0.2) is 0 Å². The SMILES string of the molecule is CCCNCc1coc(N2CCC(CC)C2)n1. The number of anilines is 1. The van der Waals surface area contributed by atoms with E-state index >= 15 is 0 Å². The normalized spacial score (nSPS) is 20.1. The van der Waals surface area contributed by atoms with Crippen molar-refractivity contribution in [3.8, 4) is 0 Å². The van der Waals surface area contributed by atoms with Gasteiger partial charge in [-0.1, -0.05) is 20.3 Å². The predicted octanol–water partition coefficient (Wildman–Crippen LogP) is 2.41. The van der Waals surface area contributed by atoms with Crippen LogP contribution in [-0.4, -0.2) is 24.6 Å². The number of aromatic nitrogens is 1. The van der Waals surface area contributed by atoms with Gasteiger partial charge in [-0.05, 0) is 25.3 Å². The minimum Gasteiger partial charge on any atom is -0.432 e. The summed E-state index contributed by atoms with van der Waals surface area (Å²) < 4.78 is 5.55. The van der Waals surface area contributed by atoms with E-state index in [1.54, 1.807) is 6.26 Å². The molecule has 1 N–H and O–H groups in total. The highest BCUT2D eigenvalue weighted by Crippen LogP contribution is 2.24. The van der Waals surface area contributed by atoms with Crippen LogP contribution in [0.15, 0.2) is 10.7 Å². The summed E-state index contributed by atoms with van der Waals surface area (Å²) in [5, 5.41) is 3.33. The molecule has 1 unspecified atom stereocenters. The van der Waals surface area contributed by atoms with E-state index in [2.05, 4.69) is 29.0 Å². The smallest absolute Gasteiger partial charge is 0.297 e. The van der Waals surface area contributed by atoms with Gasteiger partial charge in [0.2, 0.25) is 0 Å². The Morgan fingerprint density at radius 3 is 3.12 bits per heavy atom. The standard InChI is InChI=1S/C13H23N3O/c1-3-6-14-8-12-10-17-13(15-12)16-7-5-11(4-2)9-16/h10-11,14H,3-9H2,1-2H3. The van der Waals surface area contributed by atoms with Crippen molar-refractivity contribution in [3.63, 3.8) is 0 Å². The highest BCUT2D eigenvalue weighted by Gasteiger charge is 2.24. The highest BCUT2D eigenvalue weighted by molar-refractivity contribution is 5.28. The number of nitrogens with one attached hydrogen (secondary N) is 1. The summed E-state index contributed by atoms with van der Waals surface area (Å²) in [6, 6.07) is 0.800. The van der Waals surface area contributed by atoms with Gasteiger partial charge >= 0.3 is 0 Å². The lowest BCUT2D eigenvalue weighted by Crippen LogP contribution is -2.20. The van der Waals surface area contributed by atoms with Crippen molar-refractivity contribution in [2.75, 3.05) is 24.5 Å². The molecule has 0 spiro atoms. The van der Waals surface area contributed by atoms with E-state index in [4.69, 9.17) is 4.42 Å². The van der Waals surface area contributed by atoms with Crippen molar-refractivity contribution < 1.29 is 4.42 Å². The lowest BCUT2D eigenvalue weighted by Gasteiger charge is -2.12. The molecule has 0 saturated carbocycles. The van der Waals surface area contributed by atoms with Crippen LogP contribution in [0.3, 0.4) is 0 Å². The molecule has 0 bridgehead atoms. The molecule has 17 heavy (non-hydrogen) atoms. The van der Waals surface area contributed by atoms with E-state index in [0.29, 0.717) is 0 Å². The van der Waals surface area contributed by atoms with Crippen LogP contribution in [0.2, 0.25) is 0 Å². The first-order valence-electron chi connectivity index (χ1n) is 6.73. The molecule has 0 aliphatic carbocycles. The van der Waals surface area contributed by atoms with E-state index in [1.807, 2.05) is 0 Å². The van der Waals surface area contributed by atoms with Gasteiger partial charge in [0, 0.05) is 19.6 Å². The van der Waals surface area contributed by atoms with Crippen molar-refractivity contribution in [1.82, 2.24) is 10.3 Å². The Balaban J connectivity index is 1.85. The Labute approximate surface area is 103 Å². The molecule has 1 fully saturated rings. The summed E-state index contributed by atoms with van der Waals surface area (Å²) in [4.78, 5) is 6.79. The molecule has 0 radical (unpaired) electrons. The van der Waals surface area contributed by atoms with Crippen molar-refractivity contribution in [2.24, 2.45) is 5.92 Å². The summed E-state index contributed by atoms with van der Waals surface area (Å²) in [6.07, 6.45) is 5.44. The van der Waals surface area contributed by atoms with Gasteiger partial charge in [0.1, 0.15) is 6.26 Å². The van der Waals surface area contributed by atoms with Crippen LogP contribution in [0, 0.1) is 5.92 Å². The minimum atomic E-state index is 0.800. The lowest BCUT2D eigenvalue weighted by molar-refractivity contribution is 0.532. The van der Waals surface area contributed by atoms with E-state index in [0.717, 1.165) is 50.2 Å². The highest BCUT2D eigenvalue weighted by atomic mass is 16.4. The molecular weight excluding hydrogens is 214 g/mol. The zero-order chi connectivity index (χ0) is 12.1. The van der Waals surface area contributed by atoms with Crippen LogP contribution in [-0.2, 0) is 6.54 Å². The van der Waals surface area contributed by atoms with Crippen LogP contribution >= 0.6 is 0 Å². The Morgan fingerprint density at radius 1 is 1.53 bits per heavy atom. The maximum atomic E-state index is 5.55. The number of hydrogen-bond acceptors (Lipinski definition) is 4. The van der Waals surface area contributed by atoms with Gasteiger partial charge in [0.05, 0.1) is 5.69 Å². The number of nitrogens with zero attached hydrogens (tertiary/aromatic N) is 2. The fraction of sp³-hybridized carbons (Fsp3) is 0.769. The summed E-state index contributed by atoms with van der Waals surface area (Å²) in [5.41, 5.74) is 1.01. The fourth-order valence-corrected chi connectivity index (χ4v) is 2.26. The average molecular weight is 237 g/mol. The summed E-state index contributed by atoms with van der Waals surface area (Å²) in [5.74, 6) is 0.809. The molecule has 4 nitrogen and oxygen atoms in total. The number of hydrogen-bond donors (Lipinski definition) is 1. The Morgan fingerprint density at radius 2 is 2.41 bits per heavy atom. The zero-order valence-electron chi connectivity index (χ0n) is 10.9. The first-order chi connectivity index (χ1) is 8.33. The molecular formula is C13H23N3O. The van der Waals surface area contributed by atoms with Crippen LogP contribution < -0.4 is 10.2 Å². The van der Waals surface area contributed by atoms with E-state index in [1.165, 1.54) is 12.8 Å². The molecule has 96 valence electrons. The Bertz CT molecular complexity index is 337. The van der Waals surface area contributed by atoms with Crippen molar-refractivity contribution in [2.45, 2.75) is 39.7 Å². The van der Waals surface area contributed by atoms with Gasteiger partial charge in [-0.3, -0.25) is 0 Å². The van der Waals surface area contributed by atoms with Crippen LogP contribution in [0.5, 0.6) is 0 Å². The average Bonchev–Trinajstić information content (AvgIpc) is 2.97. The second-order valence-corrected chi connectivity index (χ2v) is 4.81. The van der Waals surface area contributed by atoms with Crippen LogP contribution in [0.1, 0.15) is 38.8 Å². The Hall–Kier alpha value is -1.03. The number of oxazole rings is 1. The topological polar surface area (TPSA) is 41.3 Å². The molecule has 4 heteroatoms. The first kappa shape index (κ1) is 12.4. The molecule has 2 rings (SSSR count). The van der Waals surface area contributed by atoms with Crippen molar-refractivity contribution in [1.29, 1.82) is 0 Å². The van der Waals surface area contributed by atoms with Crippen LogP contribution in [0.25, 0.3) is 0 Å². The van der Waals surface area contributed by atoms with E-state index in [9.17, 15) is 0 Å². The quantitative estimate of drug-likeness (QED) is 0.771. The zero-order valence-corrected chi connectivity index (χ0v) is 10.9. The summed E-state index contributed by atoms with van der Waals surface area (Å²) in [6.45, 7) is 8.44. The van der Waals surface area contributed by atoms with Crippen LogP contribution in [0.4, 0.5) is 6.01 Å². The van der Waals surface area contributed by atoms with Crippen molar-refractivity contribution in [3.05, 3.63) is 12.0 Å². The summed E-state index contributed by atoms with van der Waals surface area (Å²) >= 11 is 0. The molecule has 1 aliphatic rings. The van der Waals surface area contributed by atoms with E-state index in [-0.39, 0.29) is 0 Å². The molecule has 0 aromatic carbocycles. The third kappa shape index (κ3) is 3.22. The van der Waals surface area contributed by atoms with E-state index < -0.39 is 0 Å². The maximum Gasteiger partial charge on any atom is 0.297 e. The molecule has 1 atom stereocenters. The minimum absolute atomic E-state index is 0.800. The van der Waals surface area contributed by atoms with Crippen molar-refractivity contribution >= 4 is 6.01 Å². The second kappa shape index (κ2) is 6.05. The maximum absolute atomic E-state index is 5.55. The Kier molecular flexibility index (Phi) is 4.42. The molecule has 1 aromatic heterocycles. The fourth-order valence-electron chi connectivity index (χ4n) is 2.26. The molecule has 1 saturated heterocycles. The van der Waals surface area contributed by atoms with Gasteiger partial charge in [-0.15, -0.1) is 0 Å². The monoisotopic (exact) mass is 237 g/mol. The third-order valence-corrected chi connectivity index (χ3v) is 3.41. The molecule has 1 aliphatic heterocycles. The number of rotatable bonds is 6. The second-order valence-electron chi connectivity index (χ2n) is 4.81. The van der Waals surface area contributed by atoms with Gasteiger partial charge in [-0.25, -0.2) is 0 Å². The van der Waals surface area contributed by atoms with Gasteiger partial charge < -0.3 is 14.6 Å². The largest absolute Gasteiger partial charge is 0.432 e.